The molecule has 176 valence electrons. The van der Waals surface area contributed by atoms with Crippen LogP contribution in [0.5, 0.6) is 11.5 Å². The number of hydrazone groups is 1. The highest BCUT2D eigenvalue weighted by molar-refractivity contribution is 7.98. The highest BCUT2D eigenvalue weighted by Gasteiger charge is 2.24. The van der Waals surface area contributed by atoms with Crippen LogP contribution in [0, 0.1) is 0 Å². The zero-order chi connectivity index (χ0) is 24.1. The highest BCUT2D eigenvalue weighted by atomic mass is 32.2. The zero-order valence-electron chi connectivity index (χ0n) is 18.2. The topological polar surface area (TPSA) is 186 Å². The SMILES string of the molecule is COc1ccc(OC)c(/C=N\NC(=O)c2nnn(-c3nonc3N)c2CSc2nncn2C)c1. The summed E-state index contributed by atoms with van der Waals surface area (Å²) < 4.78 is 18.2. The summed E-state index contributed by atoms with van der Waals surface area (Å²) in [6.07, 6.45) is 2.99. The first-order valence-corrected chi connectivity index (χ1v) is 10.6. The van der Waals surface area contributed by atoms with Gasteiger partial charge in [0.1, 0.15) is 17.8 Å². The van der Waals surface area contributed by atoms with E-state index in [0.717, 1.165) is 0 Å². The number of aromatic nitrogens is 8. The van der Waals surface area contributed by atoms with Crippen LogP contribution in [-0.4, -0.2) is 66.4 Å². The Kier molecular flexibility index (Phi) is 6.67. The van der Waals surface area contributed by atoms with Gasteiger partial charge in [-0.3, -0.25) is 4.79 Å². The number of nitrogens with zero attached hydrogens (tertiary/aromatic N) is 9. The number of nitrogens with two attached hydrogens (primary N) is 1. The number of carbonyl (C=O) groups excluding carboxylic acids is 1. The van der Waals surface area contributed by atoms with Gasteiger partial charge in [-0.15, -0.1) is 15.3 Å². The monoisotopic (exact) mass is 485 g/mol. The number of amides is 1. The molecule has 0 fully saturated rings. The fraction of sp³-hybridized carbons (Fsp3) is 0.222. The Hall–Kier alpha value is -4.47. The Morgan fingerprint density at radius 2 is 2.15 bits per heavy atom. The second-order valence-corrected chi connectivity index (χ2v) is 7.53. The number of rotatable bonds is 9. The Morgan fingerprint density at radius 3 is 2.82 bits per heavy atom. The van der Waals surface area contributed by atoms with Crippen molar-refractivity contribution < 1.29 is 18.9 Å². The van der Waals surface area contributed by atoms with Crippen LogP contribution >= 0.6 is 11.8 Å². The second-order valence-electron chi connectivity index (χ2n) is 6.59. The quantitative estimate of drug-likeness (QED) is 0.189. The maximum atomic E-state index is 12.9. The molecular weight excluding hydrogens is 466 g/mol. The van der Waals surface area contributed by atoms with E-state index < -0.39 is 5.91 Å². The van der Waals surface area contributed by atoms with E-state index in [4.69, 9.17) is 15.2 Å². The molecule has 3 heterocycles. The number of hydrogen-bond donors (Lipinski definition) is 2. The molecule has 4 rings (SSSR count). The Labute approximate surface area is 196 Å². The van der Waals surface area contributed by atoms with Crippen LogP contribution in [0.1, 0.15) is 21.7 Å². The minimum absolute atomic E-state index is 0.00632. The highest BCUT2D eigenvalue weighted by Crippen LogP contribution is 2.25. The normalized spacial score (nSPS) is 11.1. The molecule has 0 aliphatic carbocycles. The van der Waals surface area contributed by atoms with Crippen LogP contribution in [0.2, 0.25) is 0 Å². The molecule has 1 amide bonds. The molecule has 34 heavy (non-hydrogen) atoms. The molecular formula is C18H19N11O4S. The van der Waals surface area contributed by atoms with Crippen molar-refractivity contribution in [1.29, 1.82) is 0 Å². The number of anilines is 1. The van der Waals surface area contributed by atoms with E-state index in [-0.39, 0.29) is 23.1 Å². The number of nitrogens with one attached hydrogen (secondary N) is 1. The predicted octanol–water partition coefficient (Wildman–Crippen LogP) is 0.434. The van der Waals surface area contributed by atoms with Crippen LogP contribution in [0.25, 0.3) is 5.82 Å². The first kappa shape index (κ1) is 22.7. The minimum Gasteiger partial charge on any atom is -0.497 e. The molecule has 3 aromatic heterocycles. The van der Waals surface area contributed by atoms with Gasteiger partial charge < -0.3 is 19.8 Å². The van der Waals surface area contributed by atoms with E-state index >= 15 is 0 Å². The summed E-state index contributed by atoms with van der Waals surface area (Å²) in [5.74, 6) is 0.891. The fourth-order valence-electron chi connectivity index (χ4n) is 2.81. The lowest BCUT2D eigenvalue weighted by Crippen LogP contribution is -2.20. The lowest BCUT2D eigenvalue weighted by Gasteiger charge is -2.07. The molecule has 1 aromatic carbocycles. The number of carbonyl (C=O) groups is 1. The average molecular weight is 485 g/mol. The van der Waals surface area contributed by atoms with Gasteiger partial charge in [0.25, 0.3) is 5.91 Å². The van der Waals surface area contributed by atoms with Gasteiger partial charge in [-0.2, -0.15) is 9.78 Å². The number of thioether (sulfide) groups is 1. The van der Waals surface area contributed by atoms with Gasteiger partial charge in [0.2, 0.25) is 11.6 Å². The molecule has 4 aromatic rings. The van der Waals surface area contributed by atoms with Crippen molar-refractivity contribution in [3.63, 3.8) is 0 Å². The smallest absolute Gasteiger partial charge is 0.293 e. The summed E-state index contributed by atoms with van der Waals surface area (Å²) in [7, 11) is 4.87. The van der Waals surface area contributed by atoms with Crippen LogP contribution in [0.4, 0.5) is 5.82 Å². The first-order valence-electron chi connectivity index (χ1n) is 9.57. The Balaban J connectivity index is 1.59. The van der Waals surface area contributed by atoms with E-state index in [1.54, 1.807) is 43.3 Å². The number of aryl methyl sites for hydroxylation is 1. The Bertz CT molecular complexity index is 1330. The van der Waals surface area contributed by atoms with Crippen LogP contribution < -0.4 is 20.6 Å². The third-order valence-corrected chi connectivity index (χ3v) is 5.53. The van der Waals surface area contributed by atoms with E-state index in [1.165, 1.54) is 29.8 Å². The van der Waals surface area contributed by atoms with Crippen molar-refractivity contribution in [2.75, 3.05) is 20.0 Å². The van der Waals surface area contributed by atoms with Gasteiger partial charge >= 0.3 is 0 Å². The predicted molar refractivity (Wildman–Crippen MR) is 119 cm³/mol. The molecule has 16 heteroatoms. The summed E-state index contributed by atoms with van der Waals surface area (Å²) in [6.45, 7) is 0. The van der Waals surface area contributed by atoms with Gasteiger partial charge in [-0.1, -0.05) is 17.0 Å². The van der Waals surface area contributed by atoms with Gasteiger partial charge in [0, 0.05) is 18.4 Å². The minimum atomic E-state index is -0.604. The molecule has 0 atom stereocenters. The molecule has 3 N–H and O–H groups in total. The van der Waals surface area contributed by atoms with Crippen LogP contribution in [-0.2, 0) is 12.8 Å². The average Bonchev–Trinajstić information content (AvgIpc) is 3.56. The summed E-state index contributed by atoms with van der Waals surface area (Å²) >= 11 is 1.31. The lowest BCUT2D eigenvalue weighted by molar-refractivity contribution is 0.0949. The summed E-state index contributed by atoms with van der Waals surface area (Å²) in [5.41, 5.74) is 9.23. The molecule has 0 aliphatic heterocycles. The van der Waals surface area contributed by atoms with Crippen molar-refractivity contribution in [1.82, 2.24) is 45.5 Å². The van der Waals surface area contributed by atoms with Gasteiger partial charge in [0.15, 0.2) is 10.9 Å². The number of nitrogen functional groups attached to an aromatic ring is 1. The van der Waals surface area contributed by atoms with Gasteiger partial charge in [-0.25, -0.2) is 10.1 Å². The van der Waals surface area contributed by atoms with E-state index in [2.05, 4.69) is 46.0 Å². The number of ether oxygens (including phenoxy) is 2. The van der Waals surface area contributed by atoms with Crippen LogP contribution in [0.3, 0.4) is 0 Å². The number of benzene rings is 1. The van der Waals surface area contributed by atoms with Crippen molar-refractivity contribution in [3.05, 3.63) is 41.5 Å². The second kappa shape index (κ2) is 9.99. The van der Waals surface area contributed by atoms with Crippen molar-refractivity contribution in [3.8, 4) is 17.3 Å². The molecule has 0 bridgehead atoms. The summed E-state index contributed by atoms with van der Waals surface area (Å²) in [5, 5.41) is 27.8. The summed E-state index contributed by atoms with van der Waals surface area (Å²) in [6, 6.07) is 5.19. The molecule has 0 saturated heterocycles. The van der Waals surface area contributed by atoms with E-state index in [0.29, 0.717) is 27.9 Å². The zero-order valence-corrected chi connectivity index (χ0v) is 19.1. The number of hydrogen-bond acceptors (Lipinski definition) is 13. The van der Waals surface area contributed by atoms with E-state index in [1.807, 2.05) is 0 Å². The van der Waals surface area contributed by atoms with Crippen LogP contribution in [0.15, 0.2) is 39.4 Å². The lowest BCUT2D eigenvalue weighted by atomic mass is 10.2. The third-order valence-electron chi connectivity index (χ3n) is 4.49. The maximum absolute atomic E-state index is 12.9. The first-order chi connectivity index (χ1) is 16.5. The third kappa shape index (κ3) is 4.65. The standard InChI is InChI=1S/C18H19N11O4S/c1-28-9-21-24-18(28)34-8-12-14(22-27-29(12)16-15(19)25-33-26-16)17(30)23-20-7-10-6-11(31-2)4-5-13(10)32-3/h4-7,9H,8H2,1-3H3,(H2,19,25)(H,23,30)/b20-7-. The molecule has 15 nitrogen and oxygen atoms in total. The van der Waals surface area contributed by atoms with Crippen molar-refractivity contribution >= 4 is 29.7 Å². The molecule has 0 saturated carbocycles. The van der Waals surface area contributed by atoms with Crippen molar-refractivity contribution in [2.24, 2.45) is 12.1 Å². The molecule has 0 radical (unpaired) electrons. The molecule has 0 unspecified atom stereocenters. The van der Waals surface area contributed by atoms with Gasteiger partial charge in [-0.05, 0) is 28.5 Å². The largest absolute Gasteiger partial charge is 0.497 e. The molecule has 0 spiro atoms. The van der Waals surface area contributed by atoms with Crippen molar-refractivity contribution in [2.45, 2.75) is 10.9 Å². The molecule has 0 aliphatic rings. The van der Waals surface area contributed by atoms with E-state index in [9.17, 15) is 4.79 Å². The summed E-state index contributed by atoms with van der Waals surface area (Å²) in [4.78, 5) is 12.9. The van der Waals surface area contributed by atoms with Gasteiger partial charge in [0.05, 0.1) is 26.1 Å². The number of methoxy groups -OCH3 is 2. The fourth-order valence-corrected chi connectivity index (χ4v) is 3.69. The Morgan fingerprint density at radius 1 is 1.29 bits per heavy atom. The maximum Gasteiger partial charge on any atom is 0.293 e.